The highest BCUT2D eigenvalue weighted by molar-refractivity contribution is 5.74. The van der Waals surface area contributed by atoms with E-state index in [2.05, 4.69) is 10.1 Å². The van der Waals surface area contributed by atoms with Gasteiger partial charge in [-0.25, -0.2) is 4.79 Å². The number of benzene rings is 1. The highest BCUT2D eigenvalue weighted by Crippen LogP contribution is 2.20. The second-order valence-corrected chi connectivity index (χ2v) is 4.85. The van der Waals surface area contributed by atoms with Crippen molar-refractivity contribution in [3.63, 3.8) is 0 Å². The smallest absolute Gasteiger partial charge is 0.387 e. The number of hydrogen-bond donors (Lipinski definition) is 2. The molecule has 0 spiro atoms. The fraction of sp³-hybridized carbons (Fsp3) is 0.500. The SMILES string of the molecule is CC(O)CN(C)C(=O)NC(C)c1cccc(OC(F)F)c1. The van der Waals surface area contributed by atoms with E-state index in [1.165, 1.54) is 17.0 Å². The minimum Gasteiger partial charge on any atom is -0.435 e. The number of urea groups is 1. The van der Waals surface area contributed by atoms with E-state index in [4.69, 9.17) is 0 Å². The number of hydrogen-bond acceptors (Lipinski definition) is 3. The van der Waals surface area contributed by atoms with E-state index >= 15 is 0 Å². The summed E-state index contributed by atoms with van der Waals surface area (Å²) in [6, 6.07) is 5.42. The summed E-state index contributed by atoms with van der Waals surface area (Å²) in [5, 5.41) is 11.9. The third-order valence-corrected chi connectivity index (χ3v) is 2.81. The van der Waals surface area contributed by atoms with Crippen LogP contribution < -0.4 is 10.1 Å². The maximum absolute atomic E-state index is 12.2. The van der Waals surface area contributed by atoms with Gasteiger partial charge in [-0.1, -0.05) is 12.1 Å². The summed E-state index contributed by atoms with van der Waals surface area (Å²) < 4.78 is 28.7. The minimum absolute atomic E-state index is 0.0425. The molecule has 0 saturated heterocycles. The number of carbonyl (C=O) groups is 1. The number of halogens is 2. The van der Waals surface area contributed by atoms with Crippen molar-refractivity contribution >= 4 is 6.03 Å². The van der Waals surface area contributed by atoms with Crippen molar-refractivity contribution in [2.75, 3.05) is 13.6 Å². The maximum Gasteiger partial charge on any atom is 0.387 e. The summed E-state index contributed by atoms with van der Waals surface area (Å²) in [6.45, 7) is 0.628. The number of alkyl halides is 2. The molecule has 2 unspecified atom stereocenters. The zero-order valence-electron chi connectivity index (χ0n) is 12.2. The van der Waals surface area contributed by atoms with Crippen molar-refractivity contribution in [2.45, 2.75) is 32.6 Å². The summed E-state index contributed by atoms with van der Waals surface area (Å²) in [5.41, 5.74) is 0.645. The number of nitrogens with one attached hydrogen (secondary N) is 1. The number of nitrogens with zero attached hydrogens (tertiary/aromatic N) is 1. The lowest BCUT2D eigenvalue weighted by Crippen LogP contribution is -2.41. The Morgan fingerprint density at radius 1 is 1.43 bits per heavy atom. The van der Waals surface area contributed by atoms with Gasteiger partial charge in [0.1, 0.15) is 5.75 Å². The average molecular weight is 302 g/mol. The van der Waals surface area contributed by atoms with Crippen molar-refractivity contribution in [3.8, 4) is 5.75 Å². The first-order chi connectivity index (χ1) is 9.79. The summed E-state index contributed by atoms with van der Waals surface area (Å²) in [6.07, 6.45) is -0.626. The van der Waals surface area contributed by atoms with Crippen LogP contribution in [0.15, 0.2) is 24.3 Å². The third-order valence-electron chi connectivity index (χ3n) is 2.81. The van der Waals surface area contributed by atoms with Gasteiger partial charge in [0.15, 0.2) is 0 Å². The zero-order chi connectivity index (χ0) is 16.0. The van der Waals surface area contributed by atoms with Crippen molar-refractivity contribution in [1.82, 2.24) is 10.2 Å². The molecule has 7 heteroatoms. The number of rotatable bonds is 6. The molecular formula is C14H20F2N2O3. The Kier molecular flexibility index (Phi) is 6.36. The largest absolute Gasteiger partial charge is 0.435 e. The first-order valence-electron chi connectivity index (χ1n) is 6.54. The Morgan fingerprint density at radius 3 is 2.67 bits per heavy atom. The number of amides is 2. The lowest BCUT2D eigenvalue weighted by molar-refractivity contribution is -0.0499. The molecule has 0 aromatic heterocycles. The molecule has 0 radical (unpaired) electrons. The van der Waals surface area contributed by atoms with Crippen LogP contribution in [0.25, 0.3) is 0 Å². The quantitative estimate of drug-likeness (QED) is 0.848. The summed E-state index contributed by atoms with van der Waals surface area (Å²) in [4.78, 5) is 13.2. The van der Waals surface area contributed by atoms with Crippen LogP contribution >= 0.6 is 0 Å². The van der Waals surface area contributed by atoms with Crippen LogP contribution in [0.4, 0.5) is 13.6 Å². The average Bonchev–Trinajstić information content (AvgIpc) is 2.37. The van der Waals surface area contributed by atoms with Gasteiger partial charge in [-0.05, 0) is 31.5 Å². The summed E-state index contributed by atoms with van der Waals surface area (Å²) in [7, 11) is 1.56. The molecule has 0 fully saturated rings. The number of aliphatic hydroxyl groups is 1. The minimum atomic E-state index is -2.89. The van der Waals surface area contributed by atoms with E-state index in [1.807, 2.05) is 0 Å². The highest BCUT2D eigenvalue weighted by atomic mass is 19.3. The summed E-state index contributed by atoms with van der Waals surface area (Å²) in [5.74, 6) is 0.0425. The van der Waals surface area contributed by atoms with Gasteiger partial charge < -0.3 is 20.1 Å². The van der Waals surface area contributed by atoms with Gasteiger partial charge in [-0.15, -0.1) is 0 Å². The molecule has 2 amide bonds. The topological polar surface area (TPSA) is 61.8 Å². The standard InChI is InChI=1S/C14H20F2N2O3/c1-9(19)8-18(3)14(20)17-10(2)11-5-4-6-12(7-11)21-13(15)16/h4-7,9-10,13,19H,8H2,1-3H3,(H,17,20). The molecule has 2 N–H and O–H groups in total. The molecule has 1 aromatic rings. The van der Waals surface area contributed by atoms with E-state index < -0.39 is 12.7 Å². The molecule has 21 heavy (non-hydrogen) atoms. The Bertz CT molecular complexity index is 469. The number of likely N-dealkylation sites (N-methyl/N-ethyl adjacent to an activating group) is 1. The van der Waals surface area contributed by atoms with E-state index in [0.717, 1.165) is 0 Å². The summed E-state index contributed by atoms with van der Waals surface area (Å²) >= 11 is 0. The van der Waals surface area contributed by atoms with Crippen LogP contribution in [0, 0.1) is 0 Å². The highest BCUT2D eigenvalue weighted by Gasteiger charge is 2.15. The first kappa shape index (κ1) is 17.2. The van der Waals surface area contributed by atoms with E-state index in [9.17, 15) is 18.7 Å². The molecule has 0 heterocycles. The van der Waals surface area contributed by atoms with Crippen molar-refractivity contribution in [1.29, 1.82) is 0 Å². The monoisotopic (exact) mass is 302 g/mol. The van der Waals surface area contributed by atoms with Crippen molar-refractivity contribution in [3.05, 3.63) is 29.8 Å². The molecular weight excluding hydrogens is 282 g/mol. The number of carbonyl (C=O) groups excluding carboxylic acids is 1. The van der Waals surface area contributed by atoms with Crippen LogP contribution in [0.2, 0.25) is 0 Å². The van der Waals surface area contributed by atoms with Gasteiger partial charge in [0.05, 0.1) is 12.1 Å². The second kappa shape index (κ2) is 7.78. The van der Waals surface area contributed by atoms with Crippen LogP contribution in [-0.2, 0) is 0 Å². The molecule has 2 atom stereocenters. The van der Waals surface area contributed by atoms with Crippen molar-refractivity contribution in [2.24, 2.45) is 0 Å². The molecule has 1 aromatic carbocycles. The van der Waals surface area contributed by atoms with Gasteiger partial charge in [0.2, 0.25) is 0 Å². The van der Waals surface area contributed by atoms with Gasteiger partial charge in [0, 0.05) is 13.6 Å². The van der Waals surface area contributed by atoms with Gasteiger partial charge in [-0.2, -0.15) is 8.78 Å². The fourth-order valence-electron chi connectivity index (χ4n) is 1.82. The Hall–Kier alpha value is -1.89. The van der Waals surface area contributed by atoms with Gasteiger partial charge in [0.25, 0.3) is 0 Å². The second-order valence-electron chi connectivity index (χ2n) is 4.85. The predicted molar refractivity (Wildman–Crippen MR) is 74.3 cm³/mol. The Labute approximate surface area is 122 Å². The predicted octanol–water partition coefficient (Wildman–Crippen LogP) is 2.37. The zero-order valence-corrected chi connectivity index (χ0v) is 12.2. The van der Waals surface area contributed by atoms with E-state index in [-0.39, 0.29) is 24.4 Å². The molecule has 0 aliphatic rings. The lowest BCUT2D eigenvalue weighted by Gasteiger charge is -2.22. The Balaban J connectivity index is 2.66. The van der Waals surface area contributed by atoms with Crippen LogP contribution in [0.5, 0.6) is 5.75 Å². The molecule has 1 rings (SSSR count). The molecule has 0 bridgehead atoms. The van der Waals surface area contributed by atoms with Crippen LogP contribution in [0.1, 0.15) is 25.5 Å². The van der Waals surface area contributed by atoms with E-state index in [0.29, 0.717) is 5.56 Å². The van der Waals surface area contributed by atoms with Crippen molar-refractivity contribution < 1.29 is 23.4 Å². The molecule has 0 saturated carbocycles. The van der Waals surface area contributed by atoms with E-state index in [1.54, 1.807) is 33.0 Å². The van der Waals surface area contributed by atoms with Crippen LogP contribution in [0.3, 0.4) is 0 Å². The molecule has 0 aliphatic carbocycles. The Morgan fingerprint density at radius 2 is 2.10 bits per heavy atom. The normalized spacial score (nSPS) is 13.7. The number of aliphatic hydroxyl groups excluding tert-OH is 1. The lowest BCUT2D eigenvalue weighted by atomic mass is 10.1. The third kappa shape index (κ3) is 5.95. The maximum atomic E-state index is 12.2. The fourth-order valence-corrected chi connectivity index (χ4v) is 1.82. The number of ether oxygens (including phenoxy) is 1. The molecule has 5 nitrogen and oxygen atoms in total. The van der Waals surface area contributed by atoms with Crippen LogP contribution in [-0.4, -0.2) is 42.3 Å². The molecule has 118 valence electrons. The molecule has 0 aliphatic heterocycles. The first-order valence-corrected chi connectivity index (χ1v) is 6.54. The van der Waals surface area contributed by atoms with Gasteiger partial charge >= 0.3 is 12.6 Å². The van der Waals surface area contributed by atoms with Gasteiger partial charge in [-0.3, -0.25) is 0 Å².